The van der Waals surface area contributed by atoms with Crippen LogP contribution in [0.1, 0.15) is 43.9 Å². The third kappa shape index (κ3) is 7.85. The average Bonchev–Trinajstić information content (AvgIpc) is 2.78. The van der Waals surface area contributed by atoms with Gasteiger partial charge < -0.3 is 10.2 Å². The van der Waals surface area contributed by atoms with Gasteiger partial charge in [0, 0.05) is 12.6 Å². The van der Waals surface area contributed by atoms with Gasteiger partial charge in [-0.05, 0) is 75.1 Å². The number of nitrogens with one attached hydrogen (secondary N) is 1. The van der Waals surface area contributed by atoms with E-state index in [1.165, 1.54) is 4.90 Å². The summed E-state index contributed by atoms with van der Waals surface area (Å²) >= 11 is 12.2. The number of hydrogen-bond donors (Lipinski definition) is 1. The molecular weight excluding hydrogens is 509 g/mol. The van der Waals surface area contributed by atoms with Crippen molar-refractivity contribution < 1.29 is 18.0 Å². The highest BCUT2D eigenvalue weighted by atomic mass is 35.5. The van der Waals surface area contributed by atoms with Gasteiger partial charge in [0.15, 0.2) is 0 Å². The van der Waals surface area contributed by atoms with Crippen LogP contribution in [-0.4, -0.2) is 50.0 Å². The van der Waals surface area contributed by atoms with E-state index in [9.17, 15) is 18.0 Å². The molecule has 192 valence electrons. The van der Waals surface area contributed by atoms with Crippen molar-refractivity contribution in [1.29, 1.82) is 0 Å². The molecule has 0 aliphatic heterocycles. The molecule has 0 radical (unpaired) electrons. The Hall–Kier alpha value is -2.29. The van der Waals surface area contributed by atoms with Crippen molar-refractivity contribution in [2.45, 2.75) is 59.7 Å². The molecule has 0 aliphatic carbocycles. The van der Waals surface area contributed by atoms with Crippen LogP contribution in [0.25, 0.3) is 0 Å². The molecule has 0 bridgehead atoms. The largest absolute Gasteiger partial charge is 0.352 e. The van der Waals surface area contributed by atoms with Crippen LogP contribution in [0, 0.1) is 13.8 Å². The number of hydrogen-bond acceptors (Lipinski definition) is 4. The lowest BCUT2D eigenvalue weighted by molar-refractivity contribution is -0.139. The highest BCUT2D eigenvalue weighted by Gasteiger charge is 2.30. The van der Waals surface area contributed by atoms with E-state index in [2.05, 4.69) is 5.32 Å². The van der Waals surface area contributed by atoms with E-state index in [0.717, 1.165) is 28.1 Å². The lowest BCUT2D eigenvalue weighted by Crippen LogP contribution is -2.52. The number of carbonyl (C=O) groups is 2. The number of benzene rings is 2. The van der Waals surface area contributed by atoms with Gasteiger partial charge in [0.05, 0.1) is 22.0 Å². The molecule has 2 rings (SSSR count). The number of nitrogens with zero attached hydrogens (tertiary/aromatic N) is 2. The number of aryl methyl sites for hydroxylation is 2. The molecule has 0 fully saturated rings. The summed E-state index contributed by atoms with van der Waals surface area (Å²) < 4.78 is 26.4. The maximum Gasteiger partial charge on any atom is 0.244 e. The van der Waals surface area contributed by atoms with Crippen LogP contribution in [0.15, 0.2) is 36.4 Å². The monoisotopic (exact) mass is 541 g/mol. The molecule has 7 nitrogen and oxygen atoms in total. The molecule has 10 heteroatoms. The van der Waals surface area contributed by atoms with Crippen molar-refractivity contribution in [2.75, 3.05) is 17.1 Å². The van der Waals surface area contributed by atoms with Gasteiger partial charge in [-0.3, -0.25) is 13.9 Å². The third-order valence-corrected chi connectivity index (χ3v) is 7.84. The van der Waals surface area contributed by atoms with Crippen LogP contribution in [0.4, 0.5) is 5.69 Å². The molecule has 0 unspecified atom stereocenters. The Morgan fingerprint density at radius 2 is 1.66 bits per heavy atom. The van der Waals surface area contributed by atoms with E-state index in [-0.39, 0.29) is 18.5 Å². The molecule has 2 atom stereocenters. The Bertz CT molecular complexity index is 1190. The van der Waals surface area contributed by atoms with Crippen molar-refractivity contribution >= 4 is 50.7 Å². The summed E-state index contributed by atoms with van der Waals surface area (Å²) in [4.78, 5) is 27.8. The highest BCUT2D eigenvalue weighted by molar-refractivity contribution is 7.92. The van der Waals surface area contributed by atoms with Crippen LogP contribution in [-0.2, 0) is 26.2 Å². The number of carbonyl (C=O) groups excluding carboxylic acids is 2. The summed E-state index contributed by atoms with van der Waals surface area (Å²) in [6.45, 7) is 8.83. The van der Waals surface area contributed by atoms with Crippen LogP contribution in [0.2, 0.25) is 10.0 Å². The predicted octanol–water partition coefficient (Wildman–Crippen LogP) is 4.71. The van der Waals surface area contributed by atoms with Gasteiger partial charge in [0.1, 0.15) is 12.6 Å². The minimum atomic E-state index is -3.78. The zero-order valence-corrected chi connectivity index (χ0v) is 23.3. The molecule has 0 spiro atoms. The second-order valence-electron chi connectivity index (χ2n) is 8.80. The molecule has 0 aliphatic rings. The summed E-state index contributed by atoms with van der Waals surface area (Å²) in [5.74, 6) is -0.851. The first-order valence-electron chi connectivity index (χ1n) is 11.3. The topological polar surface area (TPSA) is 86.8 Å². The van der Waals surface area contributed by atoms with Gasteiger partial charge in [0.25, 0.3) is 0 Å². The van der Waals surface area contributed by atoms with E-state index in [1.807, 2.05) is 33.8 Å². The quantitative estimate of drug-likeness (QED) is 0.471. The van der Waals surface area contributed by atoms with Crippen molar-refractivity contribution in [3.8, 4) is 0 Å². The molecule has 0 saturated carbocycles. The second-order valence-corrected chi connectivity index (χ2v) is 11.5. The van der Waals surface area contributed by atoms with Crippen LogP contribution in [0.3, 0.4) is 0 Å². The number of anilines is 1. The lowest BCUT2D eigenvalue weighted by atomic mass is 10.1. The summed E-state index contributed by atoms with van der Waals surface area (Å²) in [5, 5.41) is 3.58. The molecule has 35 heavy (non-hydrogen) atoms. The first kappa shape index (κ1) is 28.9. The molecule has 0 aromatic heterocycles. The van der Waals surface area contributed by atoms with Gasteiger partial charge in [-0.2, -0.15) is 0 Å². The van der Waals surface area contributed by atoms with Crippen molar-refractivity contribution in [1.82, 2.24) is 10.2 Å². The van der Waals surface area contributed by atoms with Gasteiger partial charge in [0.2, 0.25) is 21.8 Å². The molecule has 0 heterocycles. The van der Waals surface area contributed by atoms with E-state index in [1.54, 1.807) is 37.3 Å². The second kappa shape index (κ2) is 12.1. The fraction of sp³-hybridized carbons (Fsp3) is 0.440. The number of halogens is 2. The number of sulfonamides is 1. The molecule has 2 aromatic rings. The zero-order chi connectivity index (χ0) is 26.5. The van der Waals surface area contributed by atoms with Crippen LogP contribution < -0.4 is 9.62 Å². The first-order valence-corrected chi connectivity index (χ1v) is 13.9. The maximum atomic E-state index is 13.6. The summed E-state index contributed by atoms with van der Waals surface area (Å²) in [7, 11) is -3.78. The minimum absolute atomic E-state index is 0.0509. The van der Waals surface area contributed by atoms with Gasteiger partial charge in [-0.15, -0.1) is 0 Å². The number of rotatable bonds is 10. The Kier molecular flexibility index (Phi) is 10.0. The summed E-state index contributed by atoms with van der Waals surface area (Å²) in [6, 6.07) is 9.23. The third-order valence-electron chi connectivity index (χ3n) is 5.96. The zero-order valence-electron chi connectivity index (χ0n) is 20.9. The molecule has 2 amide bonds. The summed E-state index contributed by atoms with van der Waals surface area (Å²) in [6.07, 6.45) is 1.78. The van der Waals surface area contributed by atoms with E-state index in [0.29, 0.717) is 21.3 Å². The van der Waals surface area contributed by atoms with Gasteiger partial charge in [-0.1, -0.05) is 42.3 Å². The Morgan fingerprint density at radius 3 is 2.20 bits per heavy atom. The van der Waals surface area contributed by atoms with E-state index in [4.69, 9.17) is 23.2 Å². The SMILES string of the molecule is CC[C@H](C)NC(=O)[C@H](C)N(Cc1ccc(Cl)c(Cl)c1)C(=O)CN(c1ccc(C)c(C)c1)S(C)(=O)=O. The first-order chi connectivity index (χ1) is 16.2. The summed E-state index contributed by atoms with van der Waals surface area (Å²) in [5.41, 5.74) is 2.95. The normalized spacial score (nSPS) is 13.1. The Labute approximate surface area is 218 Å². The smallest absolute Gasteiger partial charge is 0.244 e. The molecule has 1 N–H and O–H groups in total. The highest BCUT2D eigenvalue weighted by Crippen LogP contribution is 2.25. The minimum Gasteiger partial charge on any atom is -0.352 e. The predicted molar refractivity (Wildman–Crippen MR) is 142 cm³/mol. The standard InChI is InChI=1S/C25H33Cl2N3O4S/c1-7-18(4)28-25(32)19(5)29(14-20-9-11-22(26)23(27)13-20)24(31)15-30(35(6,33)34)21-10-8-16(2)17(3)12-21/h8-13,18-19H,7,14-15H2,1-6H3,(H,28,32)/t18-,19-/m0/s1. The lowest BCUT2D eigenvalue weighted by Gasteiger charge is -2.32. The molecule has 0 saturated heterocycles. The average molecular weight is 543 g/mol. The number of amides is 2. The van der Waals surface area contributed by atoms with Crippen LogP contribution in [0.5, 0.6) is 0 Å². The van der Waals surface area contributed by atoms with Crippen LogP contribution >= 0.6 is 23.2 Å². The van der Waals surface area contributed by atoms with Gasteiger partial charge in [-0.25, -0.2) is 8.42 Å². The fourth-order valence-electron chi connectivity index (χ4n) is 3.38. The van der Waals surface area contributed by atoms with E-state index < -0.39 is 28.5 Å². The molecular formula is C25H33Cl2N3O4S. The maximum absolute atomic E-state index is 13.6. The van der Waals surface area contributed by atoms with E-state index >= 15 is 0 Å². The van der Waals surface area contributed by atoms with Crippen molar-refractivity contribution in [2.24, 2.45) is 0 Å². The molecule has 2 aromatic carbocycles. The van der Waals surface area contributed by atoms with Crippen molar-refractivity contribution in [3.05, 3.63) is 63.1 Å². The Morgan fingerprint density at radius 1 is 1.00 bits per heavy atom. The fourth-order valence-corrected chi connectivity index (χ4v) is 4.54. The van der Waals surface area contributed by atoms with Crippen molar-refractivity contribution in [3.63, 3.8) is 0 Å². The van der Waals surface area contributed by atoms with Gasteiger partial charge >= 0.3 is 0 Å². The Balaban J connectivity index is 2.43.